The molecule has 18 heavy (non-hydrogen) atoms. The minimum Gasteiger partial charge on any atom is -0.480 e. The molecule has 96 valence electrons. The molecular formula is C11H14N4O3. The van der Waals surface area contributed by atoms with Crippen molar-refractivity contribution in [3.8, 4) is 12.3 Å². The lowest BCUT2D eigenvalue weighted by Crippen LogP contribution is -2.49. The zero-order valence-electron chi connectivity index (χ0n) is 9.80. The number of hydrogen-bond donors (Lipinski definition) is 4. The van der Waals surface area contributed by atoms with Crippen LogP contribution in [0.25, 0.3) is 0 Å². The first-order chi connectivity index (χ1) is 8.52. The van der Waals surface area contributed by atoms with Crippen LogP contribution in [-0.2, 0) is 11.2 Å². The van der Waals surface area contributed by atoms with Gasteiger partial charge in [-0.3, -0.25) is 0 Å². The van der Waals surface area contributed by atoms with Gasteiger partial charge in [0, 0.05) is 18.3 Å². The smallest absolute Gasteiger partial charge is 0.326 e. The summed E-state index contributed by atoms with van der Waals surface area (Å²) in [6.07, 6.45) is 8.16. The first-order valence-corrected chi connectivity index (χ1v) is 5.26. The molecule has 0 saturated heterocycles. The largest absolute Gasteiger partial charge is 0.480 e. The number of amides is 2. The summed E-state index contributed by atoms with van der Waals surface area (Å²) in [5.41, 5.74) is 0.618. The minimum absolute atomic E-state index is 0.118. The van der Waals surface area contributed by atoms with Gasteiger partial charge in [-0.15, -0.1) is 6.42 Å². The normalized spacial score (nSPS) is 13.1. The van der Waals surface area contributed by atoms with E-state index in [2.05, 4.69) is 26.5 Å². The fourth-order valence-electron chi connectivity index (χ4n) is 1.25. The molecule has 0 aliphatic heterocycles. The van der Waals surface area contributed by atoms with Crippen LogP contribution in [0.4, 0.5) is 4.79 Å². The van der Waals surface area contributed by atoms with Crippen LogP contribution in [0.15, 0.2) is 12.5 Å². The molecule has 1 aromatic rings. The van der Waals surface area contributed by atoms with Crippen molar-refractivity contribution in [2.45, 2.75) is 25.4 Å². The average Bonchev–Trinajstić information content (AvgIpc) is 2.80. The van der Waals surface area contributed by atoms with Crippen LogP contribution >= 0.6 is 0 Å². The molecule has 4 N–H and O–H groups in total. The van der Waals surface area contributed by atoms with Gasteiger partial charge in [-0.2, -0.15) is 0 Å². The molecule has 0 aromatic carbocycles. The number of aromatic amines is 1. The van der Waals surface area contributed by atoms with Crippen LogP contribution in [0.3, 0.4) is 0 Å². The number of nitrogens with zero attached hydrogens (tertiary/aromatic N) is 1. The molecule has 1 unspecified atom stereocenters. The van der Waals surface area contributed by atoms with Gasteiger partial charge in [0.1, 0.15) is 6.04 Å². The molecule has 0 fully saturated rings. The van der Waals surface area contributed by atoms with Crippen molar-refractivity contribution >= 4 is 12.0 Å². The maximum Gasteiger partial charge on any atom is 0.326 e. The fraction of sp³-hybridized carbons (Fsp3) is 0.364. The maximum absolute atomic E-state index is 11.4. The quantitative estimate of drug-likeness (QED) is 0.539. The molecule has 1 rings (SSSR count). The summed E-state index contributed by atoms with van der Waals surface area (Å²) in [5.74, 6) is 1.18. The summed E-state index contributed by atoms with van der Waals surface area (Å²) in [4.78, 5) is 29.0. The van der Waals surface area contributed by atoms with Gasteiger partial charge in [-0.25, -0.2) is 14.6 Å². The number of carboxylic acids is 1. The summed E-state index contributed by atoms with van der Waals surface area (Å²) in [6, 6.07) is -2.13. The second-order valence-electron chi connectivity index (χ2n) is 3.68. The molecule has 1 heterocycles. The third-order valence-electron chi connectivity index (χ3n) is 2.18. The van der Waals surface area contributed by atoms with E-state index in [1.807, 2.05) is 0 Å². The van der Waals surface area contributed by atoms with Crippen LogP contribution in [0.2, 0.25) is 0 Å². The topological polar surface area (TPSA) is 107 Å². The molecule has 1 aromatic heterocycles. The van der Waals surface area contributed by atoms with E-state index < -0.39 is 24.1 Å². The maximum atomic E-state index is 11.4. The molecule has 0 radical (unpaired) electrons. The first kappa shape index (κ1) is 13.6. The first-order valence-electron chi connectivity index (χ1n) is 5.26. The van der Waals surface area contributed by atoms with Gasteiger partial charge >= 0.3 is 12.0 Å². The monoisotopic (exact) mass is 250 g/mol. The van der Waals surface area contributed by atoms with Gasteiger partial charge in [0.25, 0.3) is 0 Å². The molecule has 7 nitrogen and oxygen atoms in total. The summed E-state index contributed by atoms with van der Waals surface area (Å²) in [7, 11) is 0. The summed E-state index contributed by atoms with van der Waals surface area (Å²) in [6.45, 7) is 1.62. The Morgan fingerprint density at radius 3 is 2.83 bits per heavy atom. The highest BCUT2D eigenvalue weighted by Crippen LogP contribution is 1.98. The van der Waals surface area contributed by atoms with Crippen molar-refractivity contribution in [2.75, 3.05) is 0 Å². The predicted molar refractivity (Wildman–Crippen MR) is 63.7 cm³/mol. The van der Waals surface area contributed by atoms with E-state index in [-0.39, 0.29) is 6.42 Å². The zero-order valence-corrected chi connectivity index (χ0v) is 9.80. The van der Waals surface area contributed by atoms with E-state index in [9.17, 15) is 9.59 Å². The standard InChI is InChI=1S/C11H14N4O3/c1-3-7(2)14-11(18)15-9(10(16)17)4-8-5-12-6-13-8/h1,5-7,9H,4H2,2H3,(H,12,13)(H,16,17)(H2,14,15,18)/t7?,9-/m0/s1. The number of urea groups is 1. The molecule has 0 spiro atoms. The van der Waals surface area contributed by atoms with Crippen molar-refractivity contribution in [3.63, 3.8) is 0 Å². The Bertz CT molecular complexity index is 449. The van der Waals surface area contributed by atoms with Crippen LogP contribution in [-0.4, -0.2) is 39.2 Å². The SMILES string of the molecule is C#CC(C)NC(=O)N[C@@H](Cc1cnc[nH]1)C(=O)O. The molecule has 0 aliphatic carbocycles. The van der Waals surface area contributed by atoms with E-state index >= 15 is 0 Å². The van der Waals surface area contributed by atoms with E-state index in [0.717, 1.165) is 0 Å². The third-order valence-corrected chi connectivity index (χ3v) is 2.18. The van der Waals surface area contributed by atoms with Crippen molar-refractivity contribution in [1.82, 2.24) is 20.6 Å². The lowest BCUT2D eigenvalue weighted by Gasteiger charge is -2.15. The number of aliphatic carboxylic acids is 1. The number of aromatic nitrogens is 2. The number of imidazole rings is 1. The van der Waals surface area contributed by atoms with Crippen LogP contribution in [0, 0.1) is 12.3 Å². The summed E-state index contributed by atoms with van der Waals surface area (Å²) in [5, 5.41) is 13.7. The average molecular weight is 250 g/mol. The number of terminal acetylenes is 1. The van der Waals surface area contributed by atoms with Crippen molar-refractivity contribution < 1.29 is 14.7 Å². The molecule has 2 atom stereocenters. The van der Waals surface area contributed by atoms with Gasteiger partial charge < -0.3 is 20.7 Å². The molecule has 2 amide bonds. The van der Waals surface area contributed by atoms with Gasteiger partial charge in [0.05, 0.1) is 12.4 Å². The highest BCUT2D eigenvalue weighted by molar-refractivity contribution is 5.83. The van der Waals surface area contributed by atoms with Crippen molar-refractivity contribution in [2.24, 2.45) is 0 Å². The molecule has 0 saturated carbocycles. The summed E-state index contributed by atoms with van der Waals surface area (Å²) >= 11 is 0. The molecule has 7 heteroatoms. The third kappa shape index (κ3) is 4.17. The number of carbonyl (C=O) groups excluding carboxylic acids is 1. The zero-order chi connectivity index (χ0) is 13.5. The molecule has 0 bridgehead atoms. The highest BCUT2D eigenvalue weighted by Gasteiger charge is 2.21. The Morgan fingerprint density at radius 2 is 2.33 bits per heavy atom. The lowest BCUT2D eigenvalue weighted by atomic mass is 10.1. The van der Waals surface area contributed by atoms with E-state index in [4.69, 9.17) is 11.5 Å². The van der Waals surface area contributed by atoms with E-state index in [0.29, 0.717) is 5.69 Å². The Hall–Kier alpha value is -2.49. The van der Waals surface area contributed by atoms with Gasteiger partial charge in [0.2, 0.25) is 0 Å². The number of nitrogens with one attached hydrogen (secondary N) is 3. The number of H-pyrrole nitrogens is 1. The number of rotatable bonds is 5. The van der Waals surface area contributed by atoms with E-state index in [1.165, 1.54) is 12.5 Å². The second-order valence-corrected chi connectivity index (χ2v) is 3.68. The number of hydrogen-bond acceptors (Lipinski definition) is 3. The van der Waals surface area contributed by atoms with Gasteiger partial charge in [-0.1, -0.05) is 5.92 Å². The molecule has 0 aliphatic rings. The van der Waals surface area contributed by atoms with Crippen LogP contribution < -0.4 is 10.6 Å². The highest BCUT2D eigenvalue weighted by atomic mass is 16.4. The lowest BCUT2D eigenvalue weighted by molar-refractivity contribution is -0.139. The fourth-order valence-corrected chi connectivity index (χ4v) is 1.25. The van der Waals surface area contributed by atoms with Gasteiger partial charge in [0.15, 0.2) is 0 Å². The van der Waals surface area contributed by atoms with Crippen LogP contribution in [0.5, 0.6) is 0 Å². The Morgan fingerprint density at radius 1 is 1.61 bits per heavy atom. The van der Waals surface area contributed by atoms with Crippen LogP contribution in [0.1, 0.15) is 12.6 Å². The second kappa shape index (κ2) is 6.30. The van der Waals surface area contributed by atoms with Gasteiger partial charge in [-0.05, 0) is 6.92 Å². The predicted octanol–water partition coefficient (Wildman–Crippen LogP) is -0.274. The Kier molecular flexibility index (Phi) is 4.75. The number of carbonyl (C=O) groups is 2. The molecular weight excluding hydrogens is 236 g/mol. The summed E-state index contributed by atoms with van der Waals surface area (Å²) < 4.78 is 0. The minimum atomic E-state index is -1.13. The Labute approximate surface area is 104 Å². The van der Waals surface area contributed by atoms with Crippen molar-refractivity contribution in [3.05, 3.63) is 18.2 Å². The number of carboxylic acid groups (broad SMARTS) is 1. The van der Waals surface area contributed by atoms with Crippen molar-refractivity contribution in [1.29, 1.82) is 0 Å². The Balaban J connectivity index is 2.56. The van der Waals surface area contributed by atoms with E-state index in [1.54, 1.807) is 6.92 Å².